The zero-order valence-electron chi connectivity index (χ0n) is 13.7. The number of morpholine rings is 1. The lowest BCUT2D eigenvalue weighted by atomic mass is 10.2. The van der Waals surface area contributed by atoms with Crippen LogP contribution in [-0.2, 0) is 24.3 Å². The molecule has 1 aromatic rings. The lowest BCUT2D eigenvalue weighted by Crippen LogP contribution is -2.40. The molecule has 8 heteroatoms. The van der Waals surface area contributed by atoms with Gasteiger partial charge in [-0.2, -0.15) is 4.31 Å². The number of hydrogen-bond acceptors (Lipinski definition) is 5. The maximum absolute atomic E-state index is 12.8. The van der Waals surface area contributed by atoms with Crippen molar-refractivity contribution in [2.45, 2.75) is 30.8 Å². The Morgan fingerprint density at radius 2 is 2.00 bits per heavy atom. The third-order valence-electron chi connectivity index (χ3n) is 4.27. The molecular weight excluding hydrogens is 332 g/mol. The first-order valence-corrected chi connectivity index (χ1v) is 9.53. The number of anilines is 1. The topological polar surface area (TPSA) is 84.9 Å². The largest absolute Gasteiger partial charge is 0.379 e. The smallest absolute Gasteiger partial charge is 0.253 e. The quantitative estimate of drug-likeness (QED) is 0.876. The summed E-state index contributed by atoms with van der Waals surface area (Å²) >= 11 is 0. The molecule has 0 aromatic heterocycles. The molecule has 1 amide bonds. The third-order valence-corrected chi connectivity index (χ3v) is 6.31. The van der Waals surface area contributed by atoms with E-state index in [1.807, 2.05) is 0 Å². The van der Waals surface area contributed by atoms with Gasteiger partial charge in [-0.1, -0.05) is 6.07 Å². The van der Waals surface area contributed by atoms with Crippen LogP contribution in [0.25, 0.3) is 0 Å². The highest BCUT2D eigenvalue weighted by molar-refractivity contribution is 7.89. The van der Waals surface area contributed by atoms with Crippen LogP contribution in [0.3, 0.4) is 0 Å². The van der Waals surface area contributed by atoms with E-state index in [2.05, 4.69) is 5.32 Å². The fourth-order valence-corrected chi connectivity index (χ4v) is 4.55. The molecule has 0 aliphatic carbocycles. The predicted octanol–water partition coefficient (Wildman–Crippen LogP) is 1.13. The molecule has 1 N–H and O–H groups in total. The lowest BCUT2D eigenvalue weighted by molar-refractivity contribution is -0.124. The second-order valence-electron chi connectivity index (χ2n) is 5.99. The summed E-state index contributed by atoms with van der Waals surface area (Å²) < 4.78 is 37.7. The molecule has 2 aliphatic heterocycles. The minimum Gasteiger partial charge on any atom is -0.379 e. The highest BCUT2D eigenvalue weighted by atomic mass is 32.2. The Morgan fingerprint density at radius 3 is 2.67 bits per heavy atom. The van der Waals surface area contributed by atoms with E-state index in [0.717, 1.165) is 6.42 Å². The number of sulfonamides is 1. The van der Waals surface area contributed by atoms with Gasteiger partial charge in [0, 0.05) is 25.4 Å². The van der Waals surface area contributed by atoms with Crippen molar-refractivity contribution in [3.63, 3.8) is 0 Å². The number of nitrogens with one attached hydrogen (secondary N) is 1. The zero-order valence-corrected chi connectivity index (χ0v) is 14.5. The second-order valence-corrected chi connectivity index (χ2v) is 7.89. The van der Waals surface area contributed by atoms with E-state index in [4.69, 9.17) is 9.47 Å². The summed E-state index contributed by atoms with van der Waals surface area (Å²) in [5.74, 6) is -0.230. The third kappa shape index (κ3) is 3.61. The number of nitrogens with zero attached hydrogens (tertiary/aromatic N) is 1. The number of aryl methyl sites for hydroxylation is 1. The molecule has 1 atom stereocenters. The van der Waals surface area contributed by atoms with Gasteiger partial charge in [0.1, 0.15) is 6.10 Å². The highest BCUT2D eigenvalue weighted by Crippen LogP contribution is 2.25. The van der Waals surface area contributed by atoms with Gasteiger partial charge in [-0.3, -0.25) is 4.79 Å². The van der Waals surface area contributed by atoms with Crippen LogP contribution in [0.4, 0.5) is 5.69 Å². The number of carbonyl (C=O) groups is 1. The van der Waals surface area contributed by atoms with Gasteiger partial charge >= 0.3 is 0 Å². The Balaban J connectivity index is 1.81. The predicted molar refractivity (Wildman–Crippen MR) is 88.4 cm³/mol. The monoisotopic (exact) mass is 354 g/mol. The molecule has 1 aromatic carbocycles. The summed E-state index contributed by atoms with van der Waals surface area (Å²) in [4.78, 5) is 12.4. The summed E-state index contributed by atoms with van der Waals surface area (Å²) in [6.45, 7) is 3.81. The first-order chi connectivity index (χ1) is 11.5. The van der Waals surface area contributed by atoms with Gasteiger partial charge in [0.2, 0.25) is 10.0 Å². The SMILES string of the molecule is Cc1ccc(NC(=O)[C@@H]2CCCO2)cc1S(=O)(=O)N1CCOCC1. The normalized spacial score (nSPS) is 22.5. The van der Waals surface area contributed by atoms with Crippen molar-refractivity contribution in [1.82, 2.24) is 4.31 Å². The van der Waals surface area contributed by atoms with E-state index < -0.39 is 16.1 Å². The number of hydrogen-bond donors (Lipinski definition) is 1. The van der Waals surface area contributed by atoms with Crippen LogP contribution in [0.5, 0.6) is 0 Å². The van der Waals surface area contributed by atoms with Crippen LogP contribution in [0.1, 0.15) is 18.4 Å². The van der Waals surface area contributed by atoms with E-state index in [-0.39, 0.29) is 10.8 Å². The lowest BCUT2D eigenvalue weighted by Gasteiger charge is -2.27. The molecule has 3 rings (SSSR count). The zero-order chi connectivity index (χ0) is 17.2. The van der Waals surface area contributed by atoms with Crippen LogP contribution in [0, 0.1) is 6.92 Å². The Morgan fingerprint density at radius 1 is 1.25 bits per heavy atom. The van der Waals surface area contributed by atoms with E-state index in [1.54, 1.807) is 19.1 Å². The molecule has 2 saturated heterocycles. The number of carbonyl (C=O) groups excluding carboxylic acids is 1. The molecule has 2 fully saturated rings. The molecular formula is C16H22N2O5S. The van der Waals surface area contributed by atoms with Gasteiger partial charge in [-0.25, -0.2) is 8.42 Å². The number of amides is 1. The fraction of sp³-hybridized carbons (Fsp3) is 0.562. The van der Waals surface area contributed by atoms with Crippen LogP contribution >= 0.6 is 0 Å². The number of rotatable bonds is 4. The van der Waals surface area contributed by atoms with E-state index in [1.165, 1.54) is 10.4 Å². The van der Waals surface area contributed by atoms with Crippen molar-refractivity contribution in [1.29, 1.82) is 0 Å². The molecule has 0 unspecified atom stereocenters. The Bertz CT molecular complexity index is 707. The van der Waals surface area contributed by atoms with Crippen LogP contribution in [0.15, 0.2) is 23.1 Å². The Hall–Kier alpha value is -1.48. The summed E-state index contributed by atoms with van der Waals surface area (Å²) in [7, 11) is -3.60. The van der Waals surface area contributed by atoms with Crippen molar-refractivity contribution >= 4 is 21.6 Å². The van der Waals surface area contributed by atoms with Crippen molar-refractivity contribution in [2.75, 3.05) is 38.2 Å². The minimum atomic E-state index is -3.60. The molecule has 24 heavy (non-hydrogen) atoms. The van der Waals surface area contributed by atoms with Gasteiger partial charge in [-0.15, -0.1) is 0 Å². The van der Waals surface area contributed by atoms with Gasteiger partial charge in [0.25, 0.3) is 5.91 Å². The van der Waals surface area contributed by atoms with Crippen molar-refractivity contribution < 1.29 is 22.7 Å². The second kappa shape index (κ2) is 7.18. The summed E-state index contributed by atoms with van der Waals surface area (Å²) in [5.41, 5.74) is 1.12. The van der Waals surface area contributed by atoms with Crippen LogP contribution < -0.4 is 5.32 Å². The standard InChI is InChI=1S/C16H22N2O5S/c1-12-4-5-13(17-16(19)14-3-2-8-23-14)11-15(12)24(20,21)18-6-9-22-10-7-18/h4-5,11,14H,2-3,6-10H2,1H3,(H,17,19)/t14-/m0/s1. The van der Waals surface area contributed by atoms with Crippen LogP contribution in [0.2, 0.25) is 0 Å². The van der Waals surface area contributed by atoms with Crippen molar-refractivity contribution in [2.24, 2.45) is 0 Å². The van der Waals surface area contributed by atoms with Gasteiger partial charge in [-0.05, 0) is 37.5 Å². The molecule has 0 saturated carbocycles. The van der Waals surface area contributed by atoms with Crippen LogP contribution in [-0.4, -0.2) is 57.6 Å². The average molecular weight is 354 g/mol. The first kappa shape index (κ1) is 17.3. The molecule has 2 aliphatic rings. The first-order valence-electron chi connectivity index (χ1n) is 8.09. The average Bonchev–Trinajstić information content (AvgIpc) is 3.12. The van der Waals surface area contributed by atoms with Crippen molar-refractivity contribution in [3.8, 4) is 0 Å². The van der Waals surface area contributed by atoms with Gasteiger partial charge in [0.15, 0.2) is 0 Å². The van der Waals surface area contributed by atoms with E-state index in [9.17, 15) is 13.2 Å². The van der Waals surface area contributed by atoms with Gasteiger partial charge in [0.05, 0.1) is 18.1 Å². The fourth-order valence-electron chi connectivity index (χ4n) is 2.89. The molecule has 0 spiro atoms. The maximum atomic E-state index is 12.8. The molecule has 0 bridgehead atoms. The van der Waals surface area contributed by atoms with E-state index in [0.29, 0.717) is 50.6 Å². The highest BCUT2D eigenvalue weighted by Gasteiger charge is 2.29. The minimum absolute atomic E-state index is 0.217. The molecule has 2 heterocycles. The Kier molecular flexibility index (Phi) is 5.19. The van der Waals surface area contributed by atoms with Crippen molar-refractivity contribution in [3.05, 3.63) is 23.8 Å². The number of ether oxygens (including phenoxy) is 2. The summed E-state index contributed by atoms with van der Waals surface area (Å²) in [5, 5.41) is 2.75. The molecule has 132 valence electrons. The number of benzene rings is 1. The van der Waals surface area contributed by atoms with E-state index >= 15 is 0 Å². The van der Waals surface area contributed by atoms with Gasteiger partial charge < -0.3 is 14.8 Å². The molecule has 7 nitrogen and oxygen atoms in total. The Labute approximate surface area is 142 Å². The molecule has 0 radical (unpaired) electrons. The summed E-state index contributed by atoms with van der Waals surface area (Å²) in [6, 6.07) is 4.94. The summed E-state index contributed by atoms with van der Waals surface area (Å²) in [6.07, 6.45) is 1.10. The maximum Gasteiger partial charge on any atom is 0.253 e.